The van der Waals surface area contributed by atoms with E-state index < -0.39 is 0 Å². The van der Waals surface area contributed by atoms with Gasteiger partial charge < -0.3 is 15.5 Å². The maximum Gasteiger partial charge on any atom is 0.223 e. The lowest BCUT2D eigenvalue weighted by Crippen LogP contribution is -2.47. The molecule has 0 aromatic heterocycles. The minimum atomic E-state index is 0.0474. The van der Waals surface area contributed by atoms with Crippen LogP contribution in [0.5, 0.6) is 0 Å². The maximum atomic E-state index is 12.4. The van der Waals surface area contributed by atoms with Gasteiger partial charge in [-0.15, -0.1) is 0 Å². The van der Waals surface area contributed by atoms with Crippen molar-refractivity contribution >= 4 is 11.8 Å². The highest BCUT2D eigenvalue weighted by Gasteiger charge is 2.27. The Morgan fingerprint density at radius 3 is 2.44 bits per heavy atom. The van der Waals surface area contributed by atoms with E-state index in [-0.39, 0.29) is 17.7 Å². The number of carbonyl (C=O) groups excluding carboxylic acids is 2. The van der Waals surface area contributed by atoms with Crippen molar-refractivity contribution in [2.24, 2.45) is 5.92 Å². The summed E-state index contributed by atoms with van der Waals surface area (Å²) < 4.78 is 0. The largest absolute Gasteiger partial charge is 0.355 e. The van der Waals surface area contributed by atoms with E-state index in [2.05, 4.69) is 27.7 Å². The van der Waals surface area contributed by atoms with Gasteiger partial charge in [0, 0.05) is 64.7 Å². The van der Waals surface area contributed by atoms with Crippen LogP contribution in [-0.2, 0) is 16.0 Å². The zero-order chi connectivity index (χ0) is 18.9. The normalized spacial score (nSPS) is 19.0. The third kappa shape index (κ3) is 6.33. The number of hydrogen-bond acceptors (Lipinski definition) is 4. The molecule has 0 unspecified atom stereocenters. The van der Waals surface area contributed by atoms with E-state index >= 15 is 0 Å². The average Bonchev–Trinajstić information content (AvgIpc) is 2.73. The minimum Gasteiger partial charge on any atom is -0.355 e. The summed E-state index contributed by atoms with van der Waals surface area (Å²) in [6.45, 7) is 7.21. The van der Waals surface area contributed by atoms with E-state index in [4.69, 9.17) is 0 Å². The summed E-state index contributed by atoms with van der Waals surface area (Å²) >= 11 is 0. The molecule has 6 heteroatoms. The van der Waals surface area contributed by atoms with E-state index in [9.17, 15) is 9.59 Å². The summed E-state index contributed by atoms with van der Waals surface area (Å²) in [6.07, 6.45) is 2.88. The summed E-state index contributed by atoms with van der Waals surface area (Å²) in [7, 11) is 0. The maximum absolute atomic E-state index is 12.4. The number of benzene rings is 1. The highest BCUT2D eigenvalue weighted by Crippen LogP contribution is 2.18. The number of piperazine rings is 1. The molecule has 2 amide bonds. The number of nitrogens with zero attached hydrogens (tertiary/aromatic N) is 2. The highest BCUT2D eigenvalue weighted by atomic mass is 16.2. The van der Waals surface area contributed by atoms with Crippen molar-refractivity contribution in [1.82, 2.24) is 20.4 Å². The molecule has 0 atom stereocenters. The lowest BCUT2D eigenvalue weighted by Gasteiger charge is -2.32. The third-order valence-corrected chi connectivity index (χ3v) is 5.63. The fraction of sp³-hybridized carbons (Fsp3) is 0.619. The number of nitrogens with one attached hydrogen (secondary N) is 2. The number of piperidine rings is 1. The summed E-state index contributed by atoms with van der Waals surface area (Å²) in [5.74, 6) is 0.407. The molecule has 148 valence electrons. The molecule has 0 saturated carbocycles. The molecule has 2 N–H and O–H groups in total. The lowest BCUT2D eigenvalue weighted by molar-refractivity contribution is -0.135. The molecular weight excluding hydrogens is 340 g/mol. The van der Waals surface area contributed by atoms with Crippen LogP contribution in [0.3, 0.4) is 0 Å². The van der Waals surface area contributed by atoms with Crippen LogP contribution in [-0.4, -0.2) is 74.0 Å². The second kappa shape index (κ2) is 10.4. The molecule has 1 aromatic carbocycles. The van der Waals surface area contributed by atoms with Crippen molar-refractivity contribution in [2.45, 2.75) is 25.7 Å². The van der Waals surface area contributed by atoms with Gasteiger partial charge in [-0.1, -0.05) is 30.3 Å². The van der Waals surface area contributed by atoms with Gasteiger partial charge in [-0.25, -0.2) is 0 Å². The van der Waals surface area contributed by atoms with Crippen LogP contribution < -0.4 is 10.6 Å². The van der Waals surface area contributed by atoms with E-state index in [1.807, 2.05) is 23.1 Å². The first kappa shape index (κ1) is 19.8. The zero-order valence-corrected chi connectivity index (χ0v) is 16.2. The molecular formula is C21H32N4O2. The topological polar surface area (TPSA) is 64.7 Å². The molecule has 0 radical (unpaired) electrons. The number of amides is 2. The molecule has 0 spiro atoms. The molecule has 2 saturated heterocycles. The Balaban J connectivity index is 1.31. The number of likely N-dealkylation sites (tertiary alicyclic amines) is 1. The molecule has 1 aromatic rings. The van der Waals surface area contributed by atoms with Gasteiger partial charge in [0.15, 0.2) is 0 Å². The third-order valence-electron chi connectivity index (χ3n) is 5.63. The van der Waals surface area contributed by atoms with Crippen LogP contribution in [0.15, 0.2) is 30.3 Å². The highest BCUT2D eigenvalue weighted by molar-refractivity contribution is 5.80. The first-order valence-corrected chi connectivity index (χ1v) is 10.2. The van der Waals surface area contributed by atoms with Crippen LogP contribution in [0.4, 0.5) is 0 Å². The summed E-state index contributed by atoms with van der Waals surface area (Å²) in [5, 5.41) is 6.42. The van der Waals surface area contributed by atoms with Crippen molar-refractivity contribution in [1.29, 1.82) is 0 Å². The summed E-state index contributed by atoms with van der Waals surface area (Å²) in [5.41, 5.74) is 1.20. The molecule has 0 bridgehead atoms. The Bertz CT molecular complexity index is 593. The average molecular weight is 373 g/mol. The van der Waals surface area contributed by atoms with Gasteiger partial charge in [-0.2, -0.15) is 0 Å². The van der Waals surface area contributed by atoms with Crippen molar-refractivity contribution in [3.8, 4) is 0 Å². The fourth-order valence-corrected chi connectivity index (χ4v) is 3.86. The Morgan fingerprint density at radius 2 is 1.74 bits per heavy atom. The zero-order valence-electron chi connectivity index (χ0n) is 16.2. The molecule has 2 aliphatic heterocycles. The van der Waals surface area contributed by atoms with Crippen LogP contribution in [0.1, 0.15) is 24.8 Å². The second-order valence-electron chi connectivity index (χ2n) is 7.52. The van der Waals surface area contributed by atoms with Crippen molar-refractivity contribution in [3.63, 3.8) is 0 Å². The van der Waals surface area contributed by atoms with E-state index in [0.717, 1.165) is 58.5 Å². The van der Waals surface area contributed by atoms with Gasteiger partial charge in [0.05, 0.1) is 0 Å². The molecule has 27 heavy (non-hydrogen) atoms. The molecule has 3 rings (SSSR count). The van der Waals surface area contributed by atoms with E-state index in [1.165, 1.54) is 5.56 Å². The Labute approximate surface area is 162 Å². The predicted molar refractivity (Wildman–Crippen MR) is 106 cm³/mol. The van der Waals surface area contributed by atoms with E-state index in [0.29, 0.717) is 19.5 Å². The Hall–Kier alpha value is -1.92. The van der Waals surface area contributed by atoms with Gasteiger partial charge >= 0.3 is 0 Å². The van der Waals surface area contributed by atoms with Gasteiger partial charge in [-0.3, -0.25) is 14.5 Å². The van der Waals surface area contributed by atoms with Crippen LogP contribution >= 0.6 is 0 Å². The molecule has 2 aliphatic rings. The molecule has 0 aliphatic carbocycles. The van der Waals surface area contributed by atoms with Crippen LogP contribution in [0.25, 0.3) is 0 Å². The molecule has 6 nitrogen and oxygen atoms in total. The standard InChI is InChI=1S/C21H32N4O2/c26-20(7-6-18-4-2-1-3-5-18)25-13-8-19(9-14-25)21(27)23-12-17-24-15-10-22-11-16-24/h1-5,19,22H,6-17H2,(H,23,27). The first-order chi connectivity index (χ1) is 13.2. The quantitative estimate of drug-likeness (QED) is 0.746. The monoisotopic (exact) mass is 372 g/mol. The summed E-state index contributed by atoms with van der Waals surface area (Å²) in [4.78, 5) is 29.1. The SMILES string of the molecule is O=C(NCCN1CCNCC1)C1CCN(C(=O)CCc2ccccc2)CC1. The Kier molecular flexibility index (Phi) is 7.66. The second-order valence-corrected chi connectivity index (χ2v) is 7.52. The van der Waals surface area contributed by atoms with Crippen molar-refractivity contribution in [2.75, 3.05) is 52.4 Å². The van der Waals surface area contributed by atoms with Crippen LogP contribution in [0.2, 0.25) is 0 Å². The number of carbonyl (C=O) groups is 2. The van der Waals surface area contributed by atoms with Gasteiger partial charge in [0.1, 0.15) is 0 Å². The fourth-order valence-electron chi connectivity index (χ4n) is 3.86. The van der Waals surface area contributed by atoms with Crippen LogP contribution in [0, 0.1) is 5.92 Å². The first-order valence-electron chi connectivity index (χ1n) is 10.2. The predicted octanol–water partition coefficient (Wildman–Crippen LogP) is 0.879. The number of hydrogen-bond donors (Lipinski definition) is 2. The van der Waals surface area contributed by atoms with Gasteiger partial charge in [0.25, 0.3) is 0 Å². The number of rotatable bonds is 7. The van der Waals surface area contributed by atoms with Crippen molar-refractivity contribution in [3.05, 3.63) is 35.9 Å². The number of aryl methyl sites for hydroxylation is 1. The minimum absolute atomic E-state index is 0.0474. The smallest absolute Gasteiger partial charge is 0.223 e. The van der Waals surface area contributed by atoms with Gasteiger partial charge in [-0.05, 0) is 24.8 Å². The molecule has 2 heterocycles. The van der Waals surface area contributed by atoms with Gasteiger partial charge in [0.2, 0.25) is 11.8 Å². The summed E-state index contributed by atoms with van der Waals surface area (Å²) in [6, 6.07) is 10.1. The van der Waals surface area contributed by atoms with Crippen molar-refractivity contribution < 1.29 is 9.59 Å². The Morgan fingerprint density at radius 1 is 1.04 bits per heavy atom. The lowest BCUT2D eigenvalue weighted by atomic mass is 9.95. The molecule has 2 fully saturated rings. The van der Waals surface area contributed by atoms with E-state index in [1.54, 1.807) is 0 Å².